The van der Waals surface area contributed by atoms with Gasteiger partial charge in [0, 0.05) is 22.0 Å². The molecule has 1 aliphatic rings. The Kier molecular flexibility index (Phi) is 3.72. The van der Waals surface area contributed by atoms with Crippen LogP contribution in [0.25, 0.3) is 0 Å². The zero-order valence-electron chi connectivity index (χ0n) is 10.3. The third kappa shape index (κ3) is 2.21. The van der Waals surface area contributed by atoms with Crippen molar-refractivity contribution in [3.63, 3.8) is 0 Å². The molecule has 0 spiro atoms. The molecule has 2 rings (SSSR count). The van der Waals surface area contributed by atoms with E-state index in [2.05, 4.69) is 13.8 Å². The van der Waals surface area contributed by atoms with Crippen molar-refractivity contribution >= 4 is 23.2 Å². The van der Waals surface area contributed by atoms with Crippen LogP contribution in [0.2, 0.25) is 10.0 Å². The highest BCUT2D eigenvalue weighted by Gasteiger charge is 2.47. The first kappa shape index (κ1) is 13.2. The van der Waals surface area contributed by atoms with E-state index < -0.39 is 0 Å². The number of rotatable bonds is 3. The smallest absolute Gasteiger partial charge is 0.0459 e. The van der Waals surface area contributed by atoms with E-state index in [1.54, 1.807) is 0 Å². The molecule has 0 bridgehead atoms. The minimum absolute atomic E-state index is 0.00433. The van der Waals surface area contributed by atoms with Crippen LogP contribution in [-0.2, 0) is 5.41 Å². The number of nitrogens with two attached hydrogens (primary N) is 1. The number of hydrogen-bond acceptors (Lipinski definition) is 1. The summed E-state index contributed by atoms with van der Waals surface area (Å²) in [5.74, 6) is 1.45. The Balaban J connectivity index is 2.32. The molecule has 0 amide bonds. The van der Waals surface area contributed by atoms with Gasteiger partial charge in [0.25, 0.3) is 0 Å². The molecule has 3 heteroatoms. The second-order valence-corrected chi connectivity index (χ2v) is 6.31. The molecule has 1 nitrogen and oxygen atoms in total. The fraction of sp³-hybridized carbons (Fsp3) is 0.571. The molecule has 0 heterocycles. The van der Waals surface area contributed by atoms with Gasteiger partial charge in [-0.2, -0.15) is 0 Å². The molecule has 0 unspecified atom stereocenters. The third-order valence-electron chi connectivity index (χ3n) is 4.13. The van der Waals surface area contributed by atoms with E-state index in [-0.39, 0.29) is 5.41 Å². The molecule has 1 aromatic carbocycles. The van der Waals surface area contributed by atoms with Crippen molar-refractivity contribution in [2.75, 3.05) is 6.54 Å². The highest BCUT2D eigenvalue weighted by atomic mass is 35.5. The van der Waals surface area contributed by atoms with Crippen LogP contribution in [0.5, 0.6) is 0 Å². The van der Waals surface area contributed by atoms with Crippen molar-refractivity contribution in [3.8, 4) is 0 Å². The predicted octanol–water partition coefficient (Wildman–Crippen LogP) is 4.26. The first-order chi connectivity index (χ1) is 8.00. The Morgan fingerprint density at radius 3 is 2.24 bits per heavy atom. The molecule has 1 fully saturated rings. The lowest BCUT2D eigenvalue weighted by Crippen LogP contribution is -2.49. The molecule has 0 aliphatic heterocycles. The van der Waals surface area contributed by atoms with E-state index in [9.17, 15) is 0 Å². The molecule has 0 saturated heterocycles. The monoisotopic (exact) mass is 271 g/mol. The molecular weight excluding hydrogens is 253 g/mol. The lowest BCUT2D eigenvalue weighted by Gasteiger charge is -2.50. The van der Waals surface area contributed by atoms with E-state index in [4.69, 9.17) is 28.9 Å². The maximum atomic E-state index is 6.29. The third-order valence-corrected chi connectivity index (χ3v) is 4.76. The van der Waals surface area contributed by atoms with Crippen LogP contribution in [0, 0.1) is 11.8 Å². The van der Waals surface area contributed by atoms with Crippen molar-refractivity contribution in [2.45, 2.75) is 32.1 Å². The normalized spacial score (nSPS) is 28.2. The van der Waals surface area contributed by atoms with Crippen molar-refractivity contribution in [3.05, 3.63) is 33.8 Å². The van der Waals surface area contributed by atoms with Crippen LogP contribution in [-0.4, -0.2) is 6.54 Å². The van der Waals surface area contributed by atoms with Gasteiger partial charge in [-0.25, -0.2) is 0 Å². The minimum atomic E-state index is 0.00433. The Bertz CT molecular complexity index is 388. The van der Waals surface area contributed by atoms with Gasteiger partial charge in [-0.15, -0.1) is 0 Å². The topological polar surface area (TPSA) is 26.0 Å². The second-order valence-electron chi connectivity index (χ2n) is 5.49. The van der Waals surface area contributed by atoms with Gasteiger partial charge in [-0.3, -0.25) is 0 Å². The second kappa shape index (κ2) is 4.79. The molecule has 17 heavy (non-hydrogen) atoms. The van der Waals surface area contributed by atoms with Gasteiger partial charge >= 0.3 is 0 Å². The number of hydrogen-bond donors (Lipinski definition) is 1. The molecule has 94 valence electrons. The van der Waals surface area contributed by atoms with Crippen molar-refractivity contribution in [1.29, 1.82) is 0 Å². The molecular formula is C14H19Cl2N. The lowest BCUT2D eigenvalue weighted by atomic mass is 9.56. The van der Waals surface area contributed by atoms with Gasteiger partial charge in [-0.1, -0.05) is 43.1 Å². The number of halogens is 2. The van der Waals surface area contributed by atoms with Crippen molar-refractivity contribution in [1.82, 2.24) is 0 Å². The molecule has 0 radical (unpaired) electrons. The Labute approximate surface area is 113 Å². The van der Waals surface area contributed by atoms with Crippen LogP contribution >= 0.6 is 23.2 Å². The summed E-state index contributed by atoms with van der Waals surface area (Å²) in [4.78, 5) is 0. The Morgan fingerprint density at radius 2 is 1.82 bits per heavy atom. The summed E-state index contributed by atoms with van der Waals surface area (Å²) < 4.78 is 0. The summed E-state index contributed by atoms with van der Waals surface area (Å²) in [5.41, 5.74) is 7.05. The van der Waals surface area contributed by atoms with Crippen LogP contribution < -0.4 is 5.73 Å². The highest BCUT2D eigenvalue weighted by molar-refractivity contribution is 6.36. The maximum absolute atomic E-state index is 6.29. The summed E-state index contributed by atoms with van der Waals surface area (Å²) in [6.07, 6.45) is 2.20. The maximum Gasteiger partial charge on any atom is 0.0459 e. The zero-order valence-corrected chi connectivity index (χ0v) is 11.9. The molecule has 1 aliphatic carbocycles. The SMILES string of the molecule is CC(C)C1CC(CN)(c2c(Cl)cccc2Cl)C1. The van der Waals surface area contributed by atoms with Crippen LogP contribution in [0.3, 0.4) is 0 Å². The van der Waals surface area contributed by atoms with E-state index in [1.807, 2.05) is 18.2 Å². The first-order valence-corrected chi connectivity index (χ1v) is 6.90. The molecule has 1 saturated carbocycles. The Morgan fingerprint density at radius 1 is 1.29 bits per heavy atom. The molecule has 0 aromatic heterocycles. The van der Waals surface area contributed by atoms with Gasteiger partial charge in [0.05, 0.1) is 0 Å². The molecule has 0 atom stereocenters. The van der Waals surface area contributed by atoms with Gasteiger partial charge < -0.3 is 5.73 Å². The van der Waals surface area contributed by atoms with Crippen molar-refractivity contribution in [2.24, 2.45) is 17.6 Å². The van der Waals surface area contributed by atoms with E-state index in [0.29, 0.717) is 12.5 Å². The van der Waals surface area contributed by atoms with Crippen molar-refractivity contribution < 1.29 is 0 Å². The average molecular weight is 272 g/mol. The van der Waals surface area contributed by atoms with Crippen LogP contribution in [0.15, 0.2) is 18.2 Å². The standard InChI is InChI=1S/C14H19Cl2N/c1-9(2)10-6-14(7-10,8-17)13-11(15)4-3-5-12(13)16/h3-5,9-10H,6-8,17H2,1-2H3. The lowest BCUT2D eigenvalue weighted by molar-refractivity contribution is 0.106. The van der Waals surface area contributed by atoms with E-state index >= 15 is 0 Å². The largest absolute Gasteiger partial charge is 0.330 e. The van der Waals surface area contributed by atoms with Crippen LogP contribution in [0.1, 0.15) is 32.3 Å². The van der Waals surface area contributed by atoms with Gasteiger partial charge in [0.15, 0.2) is 0 Å². The average Bonchev–Trinajstić information content (AvgIpc) is 2.20. The summed E-state index contributed by atoms with van der Waals surface area (Å²) >= 11 is 12.6. The van der Waals surface area contributed by atoms with E-state index in [0.717, 1.165) is 34.4 Å². The summed E-state index contributed by atoms with van der Waals surface area (Å²) in [6.45, 7) is 5.15. The zero-order chi connectivity index (χ0) is 12.6. The number of benzene rings is 1. The van der Waals surface area contributed by atoms with E-state index in [1.165, 1.54) is 0 Å². The fourth-order valence-electron chi connectivity index (χ4n) is 2.89. The van der Waals surface area contributed by atoms with Gasteiger partial charge in [0.1, 0.15) is 0 Å². The first-order valence-electron chi connectivity index (χ1n) is 6.15. The highest BCUT2D eigenvalue weighted by Crippen LogP contribution is 2.53. The van der Waals surface area contributed by atoms with Gasteiger partial charge in [-0.05, 0) is 42.4 Å². The van der Waals surface area contributed by atoms with Crippen LogP contribution in [0.4, 0.5) is 0 Å². The fourth-order valence-corrected chi connectivity index (χ4v) is 3.69. The summed E-state index contributed by atoms with van der Waals surface area (Å²) in [5, 5.41) is 1.51. The summed E-state index contributed by atoms with van der Waals surface area (Å²) in [6, 6.07) is 5.70. The Hall–Kier alpha value is -0.240. The minimum Gasteiger partial charge on any atom is -0.330 e. The predicted molar refractivity (Wildman–Crippen MR) is 74.8 cm³/mol. The van der Waals surface area contributed by atoms with Gasteiger partial charge in [0.2, 0.25) is 0 Å². The summed E-state index contributed by atoms with van der Waals surface area (Å²) in [7, 11) is 0. The molecule has 1 aromatic rings. The molecule has 2 N–H and O–H groups in total. The quantitative estimate of drug-likeness (QED) is 0.874.